The number of carbonyl (C=O) groups is 1. The van der Waals surface area contributed by atoms with Crippen molar-refractivity contribution in [2.24, 2.45) is 0 Å². The fourth-order valence-corrected chi connectivity index (χ4v) is 2.37. The van der Waals surface area contributed by atoms with E-state index in [0.717, 1.165) is 11.1 Å². The molecular weight excluding hydrogens is 313 g/mol. The van der Waals surface area contributed by atoms with Crippen molar-refractivity contribution >= 4 is 17.9 Å². The van der Waals surface area contributed by atoms with Gasteiger partial charge in [-0.3, -0.25) is 4.79 Å². The molecule has 0 amide bonds. The molecule has 3 rings (SSSR count). The summed E-state index contributed by atoms with van der Waals surface area (Å²) in [5.74, 6) is -0.498. The highest BCUT2D eigenvalue weighted by atomic mass is 19.1. The maximum atomic E-state index is 12.9. The molecule has 0 unspecified atom stereocenters. The second-order valence-corrected chi connectivity index (χ2v) is 5.53. The highest BCUT2D eigenvalue weighted by Gasteiger charge is 2.08. The Morgan fingerprint density at radius 3 is 1.68 bits per heavy atom. The molecule has 0 aliphatic heterocycles. The maximum absolute atomic E-state index is 12.9. The van der Waals surface area contributed by atoms with Gasteiger partial charge in [0.1, 0.15) is 5.82 Å². The third-order valence-corrected chi connectivity index (χ3v) is 3.79. The lowest BCUT2D eigenvalue weighted by atomic mass is 10.0. The van der Waals surface area contributed by atoms with Crippen molar-refractivity contribution in [2.75, 3.05) is 0 Å². The Kier molecular flexibility index (Phi) is 4.82. The normalized spacial score (nSPS) is 10.6. The average molecular weight is 327 g/mol. The van der Waals surface area contributed by atoms with Gasteiger partial charge in [0, 0.05) is 11.1 Å². The van der Waals surface area contributed by atoms with Gasteiger partial charge >= 0.3 is 0 Å². The molecule has 0 spiro atoms. The van der Waals surface area contributed by atoms with E-state index in [2.05, 4.69) is 6.07 Å². The molecule has 2 nitrogen and oxygen atoms in total. The number of nitrogens with zero attached hydrogens (tertiary/aromatic N) is 1. The summed E-state index contributed by atoms with van der Waals surface area (Å²) < 4.78 is 12.9. The number of halogens is 1. The molecule has 3 aromatic carbocycles. The lowest BCUT2D eigenvalue weighted by Crippen LogP contribution is -2.00. The molecule has 0 aliphatic rings. The van der Waals surface area contributed by atoms with Crippen molar-refractivity contribution in [1.29, 1.82) is 5.26 Å². The van der Waals surface area contributed by atoms with Gasteiger partial charge in [0.25, 0.3) is 0 Å². The zero-order chi connectivity index (χ0) is 17.6. The van der Waals surface area contributed by atoms with Crippen LogP contribution in [0.1, 0.15) is 32.6 Å². The standard InChI is InChI=1S/C22H14FNO/c23-21-13-11-20(12-14-21)22(25)19-9-7-17(8-10-19)2-1-16-3-5-18(15-24)6-4-16/h1-14H/b2-1+. The van der Waals surface area contributed by atoms with E-state index in [-0.39, 0.29) is 11.6 Å². The molecule has 0 aliphatic carbocycles. The van der Waals surface area contributed by atoms with Gasteiger partial charge in [-0.15, -0.1) is 0 Å². The average Bonchev–Trinajstić information content (AvgIpc) is 2.67. The van der Waals surface area contributed by atoms with Gasteiger partial charge in [0.2, 0.25) is 0 Å². The Bertz CT molecular complexity index is 947. The van der Waals surface area contributed by atoms with Crippen molar-refractivity contribution in [3.05, 3.63) is 106 Å². The number of ketones is 1. The minimum Gasteiger partial charge on any atom is -0.289 e. The predicted octanol–water partition coefficient (Wildman–Crippen LogP) is 5.10. The number of nitriles is 1. The summed E-state index contributed by atoms with van der Waals surface area (Å²) >= 11 is 0. The number of hydrogen-bond acceptors (Lipinski definition) is 2. The lowest BCUT2D eigenvalue weighted by molar-refractivity contribution is 0.103. The highest BCUT2D eigenvalue weighted by molar-refractivity contribution is 6.09. The Morgan fingerprint density at radius 1 is 0.760 bits per heavy atom. The Labute approximate surface area is 145 Å². The Balaban J connectivity index is 1.73. The van der Waals surface area contributed by atoms with Crippen molar-refractivity contribution in [3.8, 4) is 6.07 Å². The second kappa shape index (κ2) is 7.37. The van der Waals surface area contributed by atoms with Crippen LogP contribution < -0.4 is 0 Å². The van der Waals surface area contributed by atoms with Crippen LogP contribution in [0.2, 0.25) is 0 Å². The van der Waals surface area contributed by atoms with E-state index in [1.165, 1.54) is 24.3 Å². The summed E-state index contributed by atoms with van der Waals surface area (Å²) in [6, 6.07) is 22.1. The van der Waals surface area contributed by atoms with Gasteiger partial charge in [0.05, 0.1) is 11.6 Å². The topological polar surface area (TPSA) is 40.9 Å². The van der Waals surface area contributed by atoms with Gasteiger partial charge < -0.3 is 0 Å². The van der Waals surface area contributed by atoms with Gasteiger partial charge in [0.15, 0.2) is 5.78 Å². The maximum Gasteiger partial charge on any atom is 0.193 e. The number of benzene rings is 3. The van der Waals surface area contributed by atoms with E-state index in [1.807, 2.05) is 36.4 Å². The first-order valence-corrected chi connectivity index (χ1v) is 7.74. The van der Waals surface area contributed by atoms with E-state index >= 15 is 0 Å². The third kappa shape index (κ3) is 4.07. The van der Waals surface area contributed by atoms with Crippen molar-refractivity contribution < 1.29 is 9.18 Å². The van der Waals surface area contributed by atoms with E-state index in [0.29, 0.717) is 16.7 Å². The van der Waals surface area contributed by atoms with Crippen molar-refractivity contribution in [2.45, 2.75) is 0 Å². The van der Waals surface area contributed by atoms with Crippen LogP contribution in [-0.2, 0) is 0 Å². The fourth-order valence-electron chi connectivity index (χ4n) is 2.37. The predicted molar refractivity (Wildman–Crippen MR) is 96.4 cm³/mol. The van der Waals surface area contributed by atoms with Crippen LogP contribution in [0.4, 0.5) is 4.39 Å². The second-order valence-electron chi connectivity index (χ2n) is 5.53. The van der Waals surface area contributed by atoms with E-state index in [4.69, 9.17) is 5.26 Å². The van der Waals surface area contributed by atoms with Gasteiger partial charge in [-0.25, -0.2) is 4.39 Å². The van der Waals surface area contributed by atoms with Crippen LogP contribution in [0.3, 0.4) is 0 Å². The Morgan fingerprint density at radius 2 is 1.20 bits per heavy atom. The molecule has 0 heterocycles. The zero-order valence-corrected chi connectivity index (χ0v) is 13.3. The van der Waals surface area contributed by atoms with Crippen LogP contribution in [-0.4, -0.2) is 5.78 Å². The molecule has 0 atom stereocenters. The molecule has 0 aromatic heterocycles. The van der Waals surface area contributed by atoms with E-state index in [1.54, 1.807) is 24.3 Å². The number of rotatable bonds is 4. The summed E-state index contributed by atoms with van der Waals surface area (Å²) in [5.41, 5.74) is 3.59. The van der Waals surface area contributed by atoms with Crippen molar-refractivity contribution in [3.63, 3.8) is 0 Å². The smallest absolute Gasteiger partial charge is 0.193 e. The molecule has 0 fully saturated rings. The van der Waals surface area contributed by atoms with Crippen LogP contribution in [0.25, 0.3) is 12.2 Å². The summed E-state index contributed by atoms with van der Waals surface area (Å²) in [6.07, 6.45) is 3.88. The monoisotopic (exact) mass is 327 g/mol. The molecule has 0 bridgehead atoms. The minimum atomic E-state index is -0.361. The fraction of sp³-hybridized carbons (Fsp3) is 0. The van der Waals surface area contributed by atoms with Gasteiger partial charge in [-0.1, -0.05) is 48.6 Å². The van der Waals surface area contributed by atoms with Crippen LogP contribution in [0.15, 0.2) is 72.8 Å². The minimum absolute atomic E-state index is 0.136. The first-order valence-electron chi connectivity index (χ1n) is 7.74. The first kappa shape index (κ1) is 16.4. The summed E-state index contributed by atoms with van der Waals surface area (Å²) in [4.78, 5) is 12.3. The van der Waals surface area contributed by atoms with Crippen molar-refractivity contribution in [1.82, 2.24) is 0 Å². The van der Waals surface area contributed by atoms with Crippen LogP contribution >= 0.6 is 0 Å². The molecule has 0 radical (unpaired) electrons. The summed E-state index contributed by atoms with van der Waals surface area (Å²) in [7, 11) is 0. The van der Waals surface area contributed by atoms with Gasteiger partial charge in [-0.2, -0.15) is 5.26 Å². The van der Waals surface area contributed by atoms with Crippen LogP contribution in [0, 0.1) is 17.1 Å². The first-order chi connectivity index (χ1) is 12.2. The number of carbonyl (C=O) groups excluding carboxylic acids is 1. The highest BCUT2D eigenvalue weighted by Crippen LogP contribution is 2.14. The van der Waals surface area contributed by atoms with E-state index < -0.39 is 0 Å². The molecule has 0 N–H and O–H groups in total. The van der Waals surface area contributed by atoms with Crippen LogP contribution in [0.5, 0.6) is 0 Å². The molecule has 0 saturated carbocycles. The molecule has 25 heavy (non-hydrogen) atoms. The molecule has 0 saturated heterocycles. The SMILES string of the molecule is N#Cc1ccc(/C=C/c2ccc(C(=O)c3ccc(F)cc3)cc2)cc1. The Hall–Kier alpha value is -3.51. The summed E-state index contributed by atoms with van der Waals surface area (Å²) in [6.45, 7) is 0. The largest absolute Gasteiger partial charge is 0.289 e. The quantitative estimate of drug-likeness (QED) is 0.494. The molecular formula is C22H14FNO. The lowest BCUT2D eigenvalue weighted by Gasteiger charge is -2.02. The van der Waals surface area contributed by atoms with Gasteiger partial charge in [-0.05, 0) is 47.5 Å². The number of hydrogen-bond donors (Lipinski definition) is 0. The summed E-state index contributed by atoms with van der Waals surface area (Å²) in [5, 5.41) is 8.79. The molecule has 3 aromatic rings. The molecule has 120 valence electrons. The third-order valence-electron chi connectivity index (χ3n) is 3.79. The zero-order valence-electron chi connectivity index (χ0n) is 13.3. The molecule has 3 heteroatoms. The van der Waals surface area contributed by atoms with E-state index in [9.17, 15) is 9.18 Å².